The summed E-state index contributed by atoms with van der Waals surface area (Å²) in [5, 5.41) is 16.9. The van der Waals surface area contributed by atoms with Gasteiger partial charge in [-0.25, -0.2) is 9.78 Å². The molecular formula is C14H16N5NaO5S2. The number of aliphatic carboxylic acids is 1. The Labute approximate surface area is 186 Å². The van der Waals surface area contributed by atoms with Gasteiger partial charge in [0.05, 0.1) is 0 Å². The van der Waals surface area contributed by atoms with Gasteiger partial charge < -0.3 is 22.4 Å². The second kappa shape index (κ2) is 8.61. The maximum Gasteiger partial charge on any atom is 1.00 e. The molecule has 13 heteroatoms. The van der Waals surface area contributed by atoms with Crippen molar-refractivity contribution in [2.75, 3.05) is 18.6 Å². The predicted octanol–water partition coefficient (Wildman–Crippen LogP) is -3.05. The van der Waals surface area contributed by atoms with E-state index >= 15 is 0 Å². The van der Waals surface area contributed by atoms with E-state index in [1.807, 2.05) is 0 Å². The number of hydrogen-bond donors (Lipinski definition) is 3. The summed E-state index contributed by atoms with van der Waals surface area (Å²) in [4.78, 5) is 46.2. The number of carboxylic acids is 1. The molecule has 0 aliphatic carbocycles. The Morgan fingerprint density at radius 1 is 1.56 bits per heavy atom. The Balaban J connectivity index is 0.00000196. The van der Waals surface area contributed by atoms with Crippen molar-refractivity contribution in [1.29, 1.82) is 0 Å². The van der Waals surface area contributed by atoms with Gasteiger partial charge in [-0.05, 0) is 12.5 Å². The molecule has 2 atom stereocenters. The number of anilines is 1. The van der Waals surface area contributed by atoms with E-state index in [9.17, 15) is 19.5 Å². The predicted molar refractivity (Wildman–Crippen MR) is 96.5 cm³/mol. The molecule has 3 rings (SSSR count). The molecule has 4 N–H and O–H groups in total. The summed E-state index contributed by atoms with van der Waals surface area (Å²) in [6, 6.07) is -0.854. The summed E-state index contributed by atoms with van der Waals surface area (Å²) in [6.45, 7) is 1.67. The normalized spacial score (nSPS) is 21.8. The smallest absolute Gasteiger partial charge is 1.00 e. The van der Waals surface area contributed by atoms with E-state index in [0.29, 0.717) is 11.3 Å². The van der Waals surface area contributed by atoms with Crippen LogP contribution in [0.4, 0.5) is 5.13 Å². The monoisotopic (exact) mass is 421 g/mol. The Morgan fingerprint density at radius 3 is 2.81 bits per heavy atom. The minimum Gasteiger partial charge on any atom is -1.00 e. The van der Waals surface area contributed by atoms with Crippen molar-refractivity contribution in [3.05, 3.63) is 22.3 Å². The van der Waals surface area contributed by atoms with Crippen LogP contribution in [0.3, 0.4) is 0 Å². The molecule has 1 saturated heterocycles. The van der Waals surface area contributed by atoms with Gasteiger partial charge in [-0.1, -0.05) is 5.16 Å². The second-order valence-corrected chi connectivity index (χ2v) is 7.48. The van der Waals surface area contributed by atoms with Crippen LogP contribution in [0.25, 0.3) is 0 Å². The van der Waals surface area contributed by atoms with Gasteiger partial charge in [-0.2, -0.15) is 0 Å². The Hall–Kier alpha value is -1.60. The molecular weight excluding hydrogens is 405 g/mol. The zero-order chi connectivity index (χ0) is 19.0. The van der Waals surface area contributed by atoms with E-state index in [1.54, 1.807) is 12.3 Å². The standard InChI is InChI=1S/C14H15N5O5S2.Na.H/c1-5-3-25-12-8(11(21)19(12)9(5)13(22)23)17-10(20)7(18-24-2)6-4-26-14(15)16-6;;/h4,8,12H,3H2,1-2H3,(H2,15,16)(H,17,20)(H,22,23);;/q;+1;-1/b18-7-;;/t8-,12-;;/m1../s1. The fraction of sp³-hybridized carbons (Fsp3) is 0.357. The quantitative estimate of drug-likeness (QED) is 0.197. The molecule has 0 aromatic carbocycles. The molecule has 1 fully saturated rings. The summed E-state index contributed by atoms with van der Waals surface area (Å²) in [5.41, 5.74) is 6.27. The van der Waals surface area contributed by atoms with Gasteiger partial charge in [0.2, 0.25) is 0 Å². The number of carbonyl (C=O) groups is 3. The number of fused-ring (bicyclic) bond motifs is 1. The third kappa shape index (κ3) is 3.99. The molecule has 3 heterocycles. The third-order valence-electron chi connectivity index (χ3n) is 3.81. The maximum absolute atomic E-state index is 12.5. The van der Waals surface area contributed by atoms with Crippen molar-refractivity contribution in [3.63, 3.8) is 0 Å². The summed E-state index contributed by atoms with van der Waals surface area (Å²) in [5.74, 6) is -1.84. The second-order valence-electron chi connectivity index (χ2n) is 5.49. The minimum atomic E-state index is -1.16. The van der Waals surface area contributed by atoms with Gasteiger partial charge in [0.1, 0.15) is 29.9 Å². The molecule has 27 heavy (non-hydrogen) atoms. The maximum atomic E-state index is 12.5. The molecule has 0 radical (unpaired) electrons. The molecule has 10 nitrogen and oxygen atoms in total. The van der Waals surface area contributed by atoms with Crippen molar-refractivity contribution in [1.82, 2.24) is 15.2 Å². The number of nitrogens with two attached hydrogens (primary N) is 1. The van der Waals surface area contributed by atoms with Crippen LogP contribution >= 0.6 is 23.1 Å². The minimum absolute atomic E-state index is 0. The van der Waals surface area contributed by atoms with Crippen LogP contribution in [0.15, 0.2) is 21.8 Å². The molecule has 0 unspecified atom stereocenters. The number of thiazole rings is 1. The average molecular weight is 421 g/mol. The van der Waals surface area contributed by atoms with E-state index in [1.165, 1.54) is 23.8 Å². The molecule has 0 saturated carbocycles. The van der Waals surface area contributed by atoms with Crippen molar-refractivity contribution >= 4 is 51.7 Å². The molecule has 0 bridgehead atoms. The van der Waals surface area contributed by atoms with Gasteiger partial charge in [-0.3, -0.25) is 14.5 Å². The first-order valence-electron chi connectivity index (χ1n) is 7.36. The number of nitrogen functional groups attached to an aromatic ring is 1. The number of rotatable bonds is 5. The molecule has 2 amide bonds. The number of nitrogens with one attached hydrogen (secondary N) is 1. The van der Waals surface area contributed by atoms with E-state index in [0.717, 1.165) is 11.3 Å². The topological polar surface area (TPSA) is 147 Å². The zero-order valence-corrected chi connectivity index (χ0v) is 18.4. The third-order valence-corrected chi connectivity index (χ3v) is 5.91. The van der Waals surface area contributed by atoms with Gasteiger partial charge in [0.15, 0.2) is 10.8 Å². The number of nitrogens with zero attached hydrogens (tertiary/aromatic N) is 3. The number of thioether (sulfide) groups is 1. The van der Waals surface area contributed by atoms with Crippen LogP contribution in [0.2, 0.25) is 0 Å². The average Bonchev–Trinajstić information content (AvgIpc) is 3.02. The molecule has 1 aromatic heterocycles. The number of carbonyl (C=O) groups excluding carboxylic acids is 2. The van der Waals surface area contributed by atoms with Crippen molar-refractivity contribution in [3.8, 4) is 0 Å². The molecule has 1 aromatic rings. The number of hydrogen-bond acceptors (Lipinski definition) is 9. The molecule has 0 spiro atoms. The first kappa shape index (κ1) is 21.7. The van der Waals surface area contributed by atoms with Crippen LogP contribution in [0, 0.1) is 0 Å². The van der Waals surface area contributed by atoms with Crippen LogP contribution in [-0.4, -0.2) is 62.8 Å². The van der Waals surface area contributed by atoms with E-state index in [4.69, 9.17) is 5.73 Å². The van der Waals surface area contributed by atoms with Gasteiger partial charge in [0, 0.05) is 11.1 Å². The van der Waals surface area contributed by atoms with Crippen molar-refractivity contribution in [2.24, 2.45) is 5.16 Å². The number of oxime groups is 1. The Kier molecular flexibility index (Phi) is 6.92. The van der Waals surface area contributed by atoms with Gasteiger partial charge in [-0.15, -0.1) is 23.1 Å². The number of β-lactam (4-membered cyclic amide) rings is 1. The van der Waals surface area contributed by atoms with E-state index in [-0.39, 0.29) is 53.2 Å². The molecule has 2 aliphatic rings. The Bertz CT molecular complexity index is 861. The van der Waals surface area contributed by atoms with Crippen LogP contribution in [-0.2, 0) is 19.2 Å². The summed E-state index contributed by atoms with van der Waals surface area (Å²) in [7, 11) is 1.28. The largest absolute Gasteiger partial charge is 1.00 e. The van der Waals surface area contributed by atoms with Crippen molar-refractivity contribution in [2.45, 2.75) is 18.3 Å². The van der Waals surface area contributed by atoms with Gasteiger partial charge in [0.25, 0.3) is 11.8 Å². The van der Waals surface area contributed by atoms with E-state index < -0.39 is 29.2 Å². The summed E-state index contributed by atoms with van der Waals surface area (Å²) >= 11 is 2.52. The Morgan fingerprint density at radius 2 is 2.26 bits per heavy atom. The molecule has 140 valence electrons. The first-order chi connectivity index (χ1) is 12.3. The fourth-order valence-electron chi connectivity index (χ4n) is 2.68. The summed E-state index contributed by atoms with van der Waals surface area (Å²) < 4.78 is 0. The fourth-order valence-corrected chi connectivity index (χ4v) is 4.52. The van der Waals surface area contributed by atoms with Crippen LogP contribution in [0.1, 0.15) is 14.0 Å². The van der Waals surface area contributed by atoms with Crippen molar-refractivity contribution < 1.29 is 55.3 Å². The van der Waals surface area contributed by atoms with Crippen LogP contribution < -0.4 is 40.6 Å². The SMILES string of the molecule is CO/N=C(\C(=O)N[C@@H]1C(=O)N2C(C(=O)O)=C(C)CS[C@H]12)c1csc(N)n1.[H-].[Na+]. The van der Waals surface area contributed by atoms with Crippen LogP contribution in [0.5, 0.6) is 0 Å². The number of amides is 2. The first-order valence-corrected chi connectivity index (χ1v) is 9.29. The summed E-state index contributed by atoms with van der Waals surface area (Å²) in [6.07, 6.45) is 0. The zero-order valence-electron chi connectivity index (χ0n) is 15.8. The molecule has 2 aliphatic heterocycles. The number of aromatic nitrogens is 1. The number of carboxylic acid groups (broad SMARTS) is 1. The van der Waals surface area contributed by atoms with Gasteiger partial charge >= 0.3 is 35.5 Å². The van der Waals surface area contributed by atoms with E-state index in [2.05, 4.69) is 20.3 Å².